The lowest BCUT2D eigenvalue weighted by molar-refractivity contribution is 1.06. The number of nitriles is 4. The van der Waals surface area contributed by atoms with Crippen LogP contribution in [0, 0.1) is 45.3 Å². The summed E-state index contributed by atoms with van der Waals surface area (Å²) in [5.41, 5.74) is 11.7. The lowest BCUT2D eigenvalue weighted by Gasteiger charge is -2.17. The molecule has 0 aliphatic carbocycles. The minimum absolute atomic E-state index is 0.389. The number of hydrogen-bond acceptors (Lipinski definition) is 8. The monoisotopic (exact) mass is 908 g/mol. The SMILES string of the molecule is N#Cc1cc(C#N)cc(-c2ccc3c4ccc(-c5cc(C#N)cc(C#N)c5)cc4n(-c4ccc(-c5cccc6c5sc5ccccc56)cc4-c4nc(-c5ccccc5)nc(-c5ccccc5)n4)c3c2)c1. The maximum Gasteiger partial charge on any atom is 0.166 e. The van der Waals surface area contributed by atoms with Crippen LogP contribution in [0.4, 0.5) is 0 Å². The van der Waals surface area contributed by atoms with Crippen LogP contribution in [0.15, 0.2) is 194 Å². The zero-order valence-corrected chi connectivity index (χ0v) is 37.8. The van der Waals surface area contributed by atoms with Gasteiger partial charge in [-0.3, -0.25) is 0 Å². The van der Waals surface area contributed by atoms with Crippen molar-refractivity contribution in [1.29, 1.82) is 21.0 Å². The number of hydrogen-bond donors (Lipinski definition) is 0. The molecule has 0 radical (unpaired) electrons. The summed E-state index contributed by atoms with van der Waals surface area (Å²) in [5, 5.41) is 44.2. The van der Waals surface area contributed by atoms with Crippen LogP contribution in [-0.4, -0.2) is 19.5 Å². The van der Waals surface area contributed by atoms with Crippen LogP contribution in [-0.2, 0) is 0 Å². The quantitative estimate of drug-likeness (QED) is 0.155. The molecule has 0 aliphatic heterocycles. The average Bonchev–Trinajstić information content (AvgIpc) is 3.98. The predicted molar refractivity (Wildman–Crippen MR) is 279 cm³/mol. The van der Waals surface area contributed by atoms with E-state index in [1.807, 2.05) is 72.8 Å². The highest BCUT2D eigenvalue weighted by Gasteiger charge is 2.23. The highest BCUT2D eigenvalue weighted by molar-refractivity contribution is 7.26. The van der Waals surface area contributed by atoms with E-state index in [2.05, 4.69) is 114 Å². The zero-order valence-electron chi connectivity index (χ0n) is 37.0. The number of fused-ring (bicyclic) bond motifs is 6. The van der Waals surface area contributed by atoms with Gasteiger partial charge >= 0.3 is 0 Å². The van der Waals surface area contributed by atoms with E-state index in [-0.39, 0.29) is 0 Å². The molecule has 0 bridgehead atoms. The summed E-state index contributed by atoms with van der Waals surface area (Å²) in [7, 11) is 0. The van der Waals surface area contributed by atoms with Crippen LogP contribution >= 0.6 is 11.3 Å². The van der Waals surface area contributed by atoms with Gasteiger partial charge in [-0.2, -0.15) is 21.0 Å². The molecule has 0 N–H and O–H groups in total. The number of aromatic nitrogens is 4. The van der Waals surface area contributed by atoms with Gasteiger partial charge in [0, 0.05) is 47.6 Å². The minimum Gasteiger partial charge on any atom is -0.308 e. The molecular formula is C61H32N8S. The van der Waals surface area contributed by atoms with E-state index in [1.165, 1.54) is 20.2 Å². The van der Waals surface area contributed by atoms with E-state index in [1.54, 1.807) is 47.7 Å². The van der Waals surface area contributed by atoms with E-state index >= 15 is 0 Å². The molecule has 70 heavy (non-hydrogen) atoms. The molecule has 0 saturated heterocycles. The molecule has 322 valence electrons. The van der Waals surface area contributed by atoms with Gasteiger partial charge in [-0.15, -0.1) is 11.3 Å². The Hall–Kier alpha value is -10.0. The van der Waals surface area contributed by atoms with Crippen molar-refractivity contribution in [3.05, 3.63) is 216 Å². The van der Waals surface area contributed by atoms with Crippen LogP contribution in [0.1, 0.15) is 22.3 Å². The predicted octanol–water partition coefficient (Wildman–Crippen LogP) is 14.8. The number of thiophene rings is 1. The molecule has 0 fully saturated rings. The van der Waals surface area contributed by atoms with Gasteiger partial charge in [-0.25, -0.2) is 15.0 Å². The molecule has 9 aromatic carbocycles. The molecule has 12 rings (SSSR count). The summed E-state index contributed by atoms with van der Waals surface area (Å²) in [4.78, 5) is 15.7. The van der Waals surface area contributed by atoms with Crippen LogP contribution in [0.25, 0.3) is 115 Å². The second kappa shape index (κ2) is 17.0. The lowest BCUT2D eigenvalue weighted by atomic mass is 9.98. The van der Waals surface area contributed by atoms with E-state index in [4.69, 9.17) is 15.0 Å². The van der Waals surface area contributed by atoms with Gasteiger partial charge in [0.2, 0.25) is 0 Å². The smallest absolute Gasteiger partial charge is 0.166 e. The van der Waals surface area contributed by atoms with Crippen LogP contribution in [0.2, 0.25) is 0 Å². The van der Waals surface area contributed by atoms with Gasteiger partial charge in [-0.1, -0.05) is 127 Å². The third-order valence-electron chi connectivity index (χ3n) is 12.7. The Morgan fingerprint density at radius 2 is 0.829 bits per heavy atom. The minimum atomic E-state index is 0.389. The van der Waals surface area contributed by atoms with Crippen molar-refractivity contribution in [3.8, 4) is 97.5 Å². The maximum atomic E-state index is 9.98. The van der Waals surface area contributed by atoms with E-state index in [9.17, 15) is 21.0 Å². The number of rotatable bonds is 7. The third kappa shape index (κ3) is 7.17. The topological polar surface area (TPSA) is 139 Å². The molecule has 0 aliphatic rings. The van der Waals surface area contributed by atoms with E-state index in [0.29, 0.717) is 39.7 Å². The fourth-order valence-electron chi connectivity index (χ4n) is 9.47. The first-order valence-corrected chi connectivity index (χ1v) is 23.2. The standard InChI is InChI=1S/C61H32N8S/c62-33-37-24-38(34-63)27-46(26-37)43-18-21-49-50-22-19-44(47-28-39(35-64)25-40(29-47)36-65)32-56(50)69(55(49)31-43)54-23-20-45(48-15-9-16-52-51-14-7-8-17-57(51)70-58(48)52)30-53(54)61-67-59(41-10-3-1-4-11-41)66-60(68-61)42-12-5-2-6-13-42/h1-32H. The summed E-state index contributed by atoms with van der Waals surface area (Å²) in [6.07, 6.45) is 0. The number of benzene rings is 9. The first kappa shape index (κ1) is 41.4. The van der Waals surface area contributed by atoms with Crippen molar-refractivity contribution in [1.82, 2.24) is 19.5 Å². The van der Waals surface area contributed by atoms with E-state index < -0.39 is 0 Å². The molecule has 0 amide bonds. The molecule has 0 unspecified atom stereocenters. The number of nitrogens with zero attached hydrogens (tertiary/aromatic N) is 8. The van der Waals surface area contributed by atoms with Crippen LogP contribution in [0.5, 0.6) is 0 Å². The second-order valence-electron chi connectivity index (χ2n) is 16.9. The molecule has 3 aromatic heterocycles. The normalized spacial score (nSPS) is 11.1. The van der Waals surface area contributed by atoms with Crippen molar-refractivity contribution < 1.29 is 0 Å². The van der Waals surface area contributed by atoms with Crippen molar-refractivity contribution in [3.63, 3.8) is 0 Å². The Morgan fingerprint density at radius 1 is 0.343 bits per heavy atom. The molecule has 9 heteroatoms. The Morgan fingerprint density at radius 3 is 1.37 bits per heavy atom. The van der Waals surface area contributed by atoms with Crippen molar-refractivity contribution in [2.24, 2.45) is 0 Å². The fraction of sp³-hybridized carbons (Fsp3) is 0. The first-order valence-electron chi connectivity index (χ1n) is 22.4. The first-order chi connectivity index (χ1) is 34.5. The highest BCUT2D eigenvalue weighted by Crippen LogP contribution is 2.44. The largest absolute Gasteiger partial charge is 0.308 e. The van der Waals surface area contributed by atoms with E-state index in [0.717, 1.165) is 77.6 Å². The van der Waals surface area contributed by atoms with Crippen LogP contribution < -0.4 is 0 Å². The Kier molecular flexibility index (Phi) is 10.1. The molecule has 0 saturated carbocycles. The summed E-state index contributed by atoms with van der Waals surface area (Å²) >= 11 is 1.77. The Labute approximate surface area is 405 Å². The molecule has 0 atom stereocenters. The molecule has 12 aromatic rings. The van der Waals surface area contributed by atoms with Crippen LogP contribution in [0.3, 0.4) is 0 Å². The van der Waals surface area contributed by atoms with Gasteiger partial charge in [0.15, 0.2) is 17.5 Å². The highest BCUT2D eigenvalue weighted by atomic mass is 32.1. The Balaban J connectivity index is 1.20. The third-order valence-corrected chi connectivity index (χ3v) is 13.9. The fourth-order valence-corrected chi connectivity index (χ4v) is 10.7. The summed E-state index contributed by atoms with van der Waals surface area (Å²) < 4.78 is 4.61. The van der Waals surface area contributed by atoms with Gasteiger partial charge in [0.05, 0.1) is 63.3 Å². The van der Waals surface area contributed by atoms with Gasteiger partial charge in [0.25, 0.3) is 0 Å². The summed E-state index contributed by atoms with van der Waals surface area (Å²) in [5.74, 6) is 1.52. The van der Waals surface area contributed by atoms with Crippen molar-refractivity contribution in [2.75, 3.05) is 0 Å². The molecular weight excluding hydrogens is 877 g/mol. The average molecular weight is 909 g/mol. The van der Waals surface area contributed by atoms with Crippen molar-refractivity contribution in [2.45, 2.75) is 0 Å². The Bertz CT molecular complexity index is 4040. The van der Waals surface area contributed by atoms with Gasteiger partial charge in [0.1, 0.15) is 0 Å². The summed E-state index contributed by atoms with van der Waals surface area (Å²) in [6, 6.07) is 73.0. The van der Waals surface area contributed by atoms with Gasteiger partial charge in [-0.05, 0) is 100 Å². The van der Waals surface area contributed by atoms with Crippen molar-refractivity contribution >= 4 is 53.3 Å². The lowest BCUT2D eigenvalue weighted by Crippen LogP contribution is -2.04. The second-order valence-corrected chi connectivity index (χ2v) is 17.9. The molecule has 3 heterocycles. The molecule has 0 spiro atoms. The maximum absolute atomic E-state index is 9.98. The zero-order chi connectivity index (χ0) is 47.3. The summed E-state index contributed by atoms with van der Waals surface area (Å²) in [6.45, 7) is 0. The molecule has 8 nitrogen and oxygen atoms in total. The van der Waals surface area contributed by atoms with Gasteiger partial charge < -0.3 is 4.57 Å².